The van der Waals surface area contributed by atoms with Crippen LogP contribution >= 0.6 is 0 Å². The highest BCUT2D eigenvalue weighted by Gasteiger charge is 2.35. The van der Waals surface area contributed by atoms with E-state index >= 15 is 0 Å². The minimum Gasteiger partial charge on any atom is -0.379 e. The molecule has 0 radical (unpaired) electrons. The maximum absolute atomic E-state index is 13.6. The molecule has 0 unspecified atom stereocenters. The summed E-state index contributed by atoms with van der Waals surface area (Å²) in [5.41, 5.74) is 5.28. The van der Waals surface area contributed by atoms with Gasteiger partial charge in [-0.05, 0) is 79.4 Å². The molecular formula is C29H26N6O3. The molecule has 2 aromatic heterocycles. The summed E-state index contributed by atoms with van der Waals surface area (Å²) < 4.78 is 0. The van der Waals surface area contributed by atoms with Gasteiger partial charge >= 0.3 is 0 Å². The highest BCUT2D eigenvalue weighted by Crippen LogP contribution is 2.37. The number of piperidine rings is 3. The molecule has 5 heterocycles. The fourth-order valence-electron chi connectivity index (χ4n) is 6.01. The van der Waals surface area contributed by atoms with Crippen molar-refractivity contribution in [2.75, 3.05) is 25.0 Å². The zero-order valence-corrected chi connectivity index (χ0v) is 20.6. The van der Waals surface area contributed by atoms with Gasteiger partial charge in [-0.15, -0.1) is 0 Å². The third kappa shape index (κ3) is 3.83. The Morgan fingerprint density at radius 2 is 1.71 bits per heavy atom. The Bertz CT molecular complexity index is 1720. The number of aromatic amines is 2. The third-order valence-corrected chi connectivity index (χ3v) is 8.04. The molecule has 38 heavy (non-hydrogen) atoms. The Hall–Kier alpha value is -4.50. The van der Waals surface area contributed by atoms with Crippen LogP contribution in [-0.4, -0.2) is 50.5 Å². The van der Waals surface area contributed by atoms with Crippen molar-refractivity contribution in [2.45, 2.75) is 18.9 Å². The van der Waals surface area contributed by atoms with Crippen molar-refractivity contribution in [3.63, 3.8) is 0 Å². The molecule has 190 valence electrons. The molecule has 0 amide bonds. The first-order valence-electron chi connectivity index (χ1n) is 12.9. The average Bonchev–Trinajstić information content (AvgIpc) is 3.37. The minimum atomic E-state index is -0.398. The number of rotatable bonds is 5. The number of imidazole rings is 1. The van der Waals surface area contributed by atoms with Crippen LogP contribution in [0.3, 0.4) is 0 Å². The van der Waals surface area contributed by atoms with Crippen molar-refractivity contribution in [3.05, 3.63) is 87.2 Å². The first kappa shape index (κ1) is 22.7. The van der Waals surface area contributed by atoms with Crippen LogP contribution in [0, 0.1) is 16.0 Å². The molecule has 0 saturated carbocycles. The van der Waals surface area contributed by atoms with Crippen LogP contribution in [0.15, 0.2) is 71.5 Å². The number of hydrogen-bond acceptors (Lipinski definition) is 6. The van der Waals surface area contributed by atoms with Crippen LogP contribution in [0.25, 0.3) is 44.5 Å². The topological polar surface area (TPSA) is 120 Å². The molecular weight excluding hydrogens is 480 g/mol. The van der Waals surface area contributed by atoms with E-state index in [1.165, 1.54) is 12.1 Å². The zero-order valence-electron chi connectivity index (χ0n) is 20.6. The monoisotopic (exact) mass is 506 g/mol. The zero-order chi connectivity index (χ0) is 25.8. The number of nitrogens with zero attached hydrogens (tertiary/aromatic N) is 3. The molecule has 3 aromatic carbocycles. The lowest BCUT2D eigenvalue weighted by molar-refractivity contribution is -0.384. The van der Waals surface area contributed by atoms with E-state index in [9.17, 15) is 14.9 Å². The number of nitro groups is 1. The van der Waals surface area contributed by atoms with E-state index in [-0.39, 0.29) is 17.3 Å². The number of fused-ring (bicyclic) bond motifs is 5. The number of anilines is 1. The Labute approximate surface area is 217 Å². The van der Waals surface area contributed by atoms with Gasteiger partial charge in [-0.3, -0.25) is 14.9 Å². The predicted molar refractivity (Wildman–Crippen MR) is 148 cm³/mol. The first-order valence-corrected chi connectivity index (χ1v) is 12.9. The maximum atomic E-state index is 13.6. The fourth-order valence-corrected chi connectivity index (χ4v) is 6.01. The molecule has 0 aliphatic carbocycles. The fraction of sp³-hybridized carbons (Fsp3) is 0.241. The lowest BCUT2D eigenvalue weighted by Crippen LogP contribution is -2.53. The summed E-state index contributed by atoms with van der Waals surface area (Å²) in [6.07, 6.45) is 2.29. The number of aromatic nitrogens is 3. The number of hydrogen-bond donors (Lipinski definition) is 3. The van der Waals surface area contributed by atoms with Crippen LogP contribution in [-0.2, 0) is 0 Å². The second-order valence-electron chi connectivity index (χ2n) is 10.3. The van der Waals surface area contributed by atoms with Gasteiger partial charge in [0.05, 0.1) is 27.2 Å². The van der Waals surface area contributed by atoms with Crippen molar-refractivity contribution in [1.82, 2.24) is 19.9 Å². The maximum Gasteiger partial charge on any atom is 0.269 e. The number of nitro benzene ring substituents is 1. The molecule has 3 saturated heterocycles. The summed E-state index contributed by atoms with van der Waals surface area (Å²) in [7, 11) is 0. The van der Waals surface area contributed by atoms with Crippen LogP contribution in [0.5, 0.6) is 0 Å². The van der Waals surface area contributed by atoms with Crippen molar-refractivity contribution >= 4 is 33.3 Å². The molecule has 3 aliphatic rings. The van der Waals surface area contributed by atoms with E-state index < -0.39 is 4.92 Å². The number of benzene rings is 3. The van der Waals surface area contributed by atoms with Crippen molar-refractivity contribution in [2.24, 2.45) is 5.92 Å². The molecule has 3 N–H and O–H groups in total. The Balaban J connectivity index is 1.42. The van der Waals surface area contributed by atoms with Crippen LogP contribution in [0.2, 0.25) is 0 Å². The molecule has 0 spiro atoms. The molecule has 1 atom stereocenters. The van der Waals surface area contributed by atoms with E-state index in [1.807, 2.05) is 42.5 Å². The summed E-state index contributed by atoms with van der Waals surface area (Å²) in [5.74, 6) is 1.08. The average molecular weight is 507 g/mol. The van der Waals surface area contributed by atoms with Gasteiger partial charge < -0.3 is 20.2 Å². The van der Waals surface area contributed by atoms with Gasteiger partial charge in [-0.1, -0.05) is 18.2 Å². The van der Waals surface area contributed by atoms with E-state index in [1.54, 1.807) is 12.1 Å². The van der Waals surface area contributed by atoms with E-state index in [0.29, 0.717) is 17.3 Å². The summed E-state index contributed by atoms with van der Waals surface area (Å²) in [5, 5.41) is 15.8. The summed E-state index contributed by atoms with van der Waals surface area (Å²) in [6, 6.07) is 20.4. The van der Waals surface area contributed by atoms with Crippen LogP contribution in [0.4, 0.5) is 11.4 Å². The van der Waals surface area contributed by atoms with Gasteiger partial charge in [-0.2, -0.15) is 0 Å². The van der Waals surface area contributed by atoms with Crippen LogP contribution in [0.1, 0.15) is 12.8 Å². The SMILES string of the molecule is O=c1[nH]c2ccc(-c3ccc([N+](=O)[O-])cc3)cc2c(N[C@H]2CN3CCC2CC3)c1-c1nc2ccccc2[nH]1. The lowest BCUT2D eigenvalue weighted by Gasteiger charge is -2.45. The number of para-hydroxylation sites is 2. The third-order valence-electron chi connectivity index (χ3n) is 8.04. The number of nitrogens with one attached hydrogen (secondary N) is 3. The molecule has 9 nitrogen and oxygen atoms in total. The lowest BCUT2D eigenvalue weighted by atomic mass is 9.83. The molecule has 3 fully saturated rings. The molecule has 9 heteroatoms. The Morgan fingerprint density at radius 3 is 2.42 bits per heavy atom. The van der Waals surface area contributed by atoms with E-state index in [2.05, 4.69) is 20.2 Å². The molecule has 8 rings (SSSR count). The number of pyridine rings is 1. The van der Waals surface area contributed by atoms with Gasteiger partial charge in [0.2, 0.25) is 0 Å². The smallest absolute Gasteiger partial charge is 0.269 e. The Kier molecular flexibility index (Phi) is 5.26. The molecule has 3 aliphatic heterocycles. The summed E-state index contributed by atoms with van der Waals surface area (Å²) in [4.78, 5) is 38.0. The van der Waals surface area contributed by atoms with E-state index in [4.69, 9.17) is 4.98 Å². The minimum absolute atomic E-state index is 0.0516. The van der Waals surface area contributed by atoms with E-state index in [0.717, 1.165) is 71.2 Å². The van der Waals surface area contributed by atoms with Crippen molar-refractivity contribution in [1.29, 1.82) is 0 Å². The second kappa shape index (κ2) is 8.81. The number of non-ortho nitro benzene ring substituents is 1. The van der Waals surface area contributed by atoms with Gasteiger partial charge in [0.15, 0.2) is 0 Å². The summed E-state index contributed by atoms with van der Waals surface area (Å²) >= 11 is 0. The molecule has 5 aromatic rings. The van der Waals surface area contributed by atoms with Crippen LogP contribution < -0.4 is 10.9 Å². The highest BCUT2D eigenvalue weighted by molar-refractivity contribution is 6.01. The largest absolute Gasteiger partial charge is 0.379 e. The second-order valence-corrected chi connectivity index (χ2v) is 10.3. The normalized spacial score (nSPS) is 20.7. The predicted octanol–water partition coefficient (Wildman–Crippen LogP) is 5.15. The van der Waals surface area contributed by atoms with Gasteiger partial charge in [0, 0.05) is 30.1 Å². The van der Waals surface area contributed by atoms with Gasteiger partial charge in [0.25, 0.3) is 11.2 Å². The number of H-pyrrole nitrogens is 2. The van der Waals surface area contributed by atoms with Gasteiger partial charge in [0.1, 0.15) is 11.4 Å². The quantitative estimate of drug-likeness (QED) is 0.224. The Morgan fingerprint density at radius 1 is 0.947 bits per heavy atom. The highest BCUT2D eigenvalue weighted by atomic mass is 16.6. The molecule has 2 bridgehead atoms. The van der Waals surface area contributed by atoms with Gasteiger partial charge in [-0.25, -0.2) is 4.98 Å². The summed E-state index contributed by atoms with van der Waals surface area (Å²) in [6.45, 7) is 3.19. The standard InChI is InChI=1S/C29H26N6O3/c36-29-26(28-31-23-3-1-2-4-24(23)32-28)27(30-25-16-34-13-11-18(25)12-14-34)21-15-19(7-10-22(21)33-29)17-5-8-20(9-6-17)35(37)38/h1-10,15,18,25H,11-14,16H2,(H,31,32)(H2,30,33,36)/t25-/m0/s1. The van der Waals surface area contributed by atoms with Crippen molar-refractivity contribution < 1.29 is 4.92 Å². The first-order chi connectivity index (χ1) is 18.5. The van der Waals surface area contributed by atoms with Crippen molar-refractivity contribution in [3.8, 4) is 22.5 Å².